The van der Waals surface area contributed by atoms with Crippen LogP contribution in [0.5, 0.6) is 0 Å². The van der Waals surface area contributed by atoms with E-state index in [1.54, 1.807) is 0 Å². The molecule has 0 aliphatic heterocycles. The van der Waals surface area contributed by atoms with Gasteiger partial charge in [0.05, 0.1) is 0 Å². The van der Waals surface area contributed by atoms with Gasteiger partial charge in [-0.05, 0) is 41.2 Å². The van der Waals surface area contributed by atoms with Gasteiger partial charge < -0.3 is 0 Å². The van der Waals surface area contributed by atoms with Crippen molar-refractivity contribution >= 4 is 0 Å². The maximum atomic E-state index is 5.74. The first-order valence-corrected chi connectivity index (χ1v) is 7.79. The molecule has 0 bridgehead atoms. The average Bonchev–Trinajstić information content (AvgIpc) is 2.37. The smallest absolute Gasteiger partial charge is 0.0253 e. The van der Waals surface area contributed by atoms with Gasteiger partial charge in [0.25, 0.3) is 0 Å². The second-order valence-electron chi connectivity index (χ2n) is 7.47. The largest absolute Gasteiger partial charge is 0.271 e. The number of rotatable bonds is 6. The summed E-state index contributed by atoms with van der Waals surface area (Å²) in [5, 5.41) is 0. The highest BCUT2D eigenvalue weighted by Crippen LogP contribution is 2.29. The van der Waals surface area contributed by atoms with Gasteiger partial charge >= 0.3 is 0 Å². The van der Waals surface area contributed by atoms with Crippen molar-refractivity contribution in [2.75, 3.05) is 0 Å². The third kappa shape index (κ3) is 5.26. The zero-order chi connectivity index (χ0) is 15.3. The predicted molar refractivity (Wildman–Crippen MR) is 88.6 cm³/mol. The summed E-state index contributed by atoms with van der Waals surface area (Å²) in [5.41, 5.74) is 6.08. The lowest BCUT2D eigenvalue weighted by atomic mass is 9.78. The van der Waals surface area contributed by atoms with E-state index in [4.69, 9.17) is 5.84 Å². The summed E-state index contributed by atoms with van der Waals surface area (Å²) in [5.74, 6) is 6.97. The molecule has 2 heteroatoms. The molecule has 0 saturated heterocycles. The van der Waals surface area contributed by atoms with E-state index < -0.39 is 0 Å². The van der Waals surface area contributed by atoms with E-state index in [-0.39, 0.29) is 0 Å². The molecule has 0 saturated carbocycles. The Morgan fingerprint density at radius 3 is 2.00 bits per heavy atom. The number of nitrogens with two attached hydrogens (primary N) is 1. The third-order valence-corrected chi connectivity index (χ3v) is 4.48. The van der Waals surface area contributed by atoms with Crippen LogP contribution in [-0.2, 0) is 6.42 Å². The van der Waals surface area contributed by atoms with Crippen LogP contribution in [0.25, 0.3) is 0 Å². The lowest BCUT2D eigenvalue weighted by Crippen LogP contribution is -2.39. The van der Waals surface area contributed by atoms with Crippen LogP contribution >= 0.6 is 0 Å². The Hall–Kier alpha value is -0.860. The quantitative estimate of drug-likeness (QED) is 0.602. The standard InChI is InChI=1S/C18H32N2/c1-13(2)16-9-7-15(8-10-16)12-17(20-19)11-14(3)18(4,5)6/h7-10,13-14,17,20H,11-12,19H2,1-6H3. The van der Waals surface area contributed by atoms with Crippen molar-refractivity contribution in [1.29, 1.82) is 0 Å². The van der Waals surface area contributed by atoms with Crippen molar-refractivity contribution in [3.63, 3.8) is 0 Å². The second kappa shape index (κ2) is 7.24. The number of hydrogen-bond acceptors (Lipinski definition) is 2. The number of hydrogen-bond donors (Lipinski definition) is 2. The van der Waals surface area contributed by atoms with Gasteiger partial charge in [0.15, 0.2) is 0 Å². The maximum Gasteiger partial charge on any atom is 0.0253 e. The topological polar surface area (TPSA) is 38.0 Å². The Bertz CT molecular complexity index is 387. The number of hydrazine groups is 1. The van der Waals surface area contributed by atoms with E-state index >= 15 is 0 Å². The predicted octanol–water partition coefficient (Wildman–Crippen LogP) is 4.26. The fraction of sp³-hybridized carbons (Fsp3) is 0.667. The molecule has 1 aromatic rings. The van der Waals surface area contributed by atoms with E-state index in [0.29, 0.717) is 23.3 Å². The van der Waals surface area contributed by atoms with E-state index in [1.165, 1.54) is 11.1 Å². The van der Waals surface area contributed by atoms with Gasteiger partial charge in [-0.25, -0.2) is 0 Å². The molecule has 20 heavy (non-hydrogen) atoms. The molecule has 0 aromatic heterocycles. The maximum absolute atomic E-state index is 5.74. The summed E-state index contributed by atoms with van der Waals surface area (Å²) in [6.07, 6.45) is 2.10. The van der Waals surface area contributed by atoms with Crippen LogP contribution in [0.1, 0.15) is 65.0 Å². The van der Waals surface area contributed by atoms with Crippen LogP contribution < -0.4 is 11.3 Å². The first kappa shape index (κ1) is 17.2. The van der Waals surface area contributed by atoms with Crippen LogP contribution in [0.3, 0.4) is 0 Å². The second-order valence-corrected chi connectivity index (χ2v) is 7.47. The minimum atomic E-state index is 0.330. The fourth-order valence-corrected chi connectivity index (χ4v) is 2.31. The molecule has 2 unspecified atom stereocenters. The van der Waals surface area contributed by atoms with Crippen LogP contribution in [0.15, 0.2) is 24.3 Å². The van der Waals surface area contributed by atoms with E-state index in [9.17, 15) is 0 Å². The highest BCUT2D eigenvalue weighted by Gasteiger charge is 2.23. The Morgan fingerprint density at radius 1 is 1.05 bits per heavy atom. The van der Waals surface area contributed by atoms with Crippen molar-refractivity contribution in [2.45, 2.75) is 66.3 Å². The van der Waals surface area contributed by atoms with Crippen molar-refractivity contribution in [1.82, 2.24) is 5.43 Å². The van der Waals surface area contributed by atoms with E-state index in [1.807, 2.05) is 0 Å². The van der Waals surface area contributed by atoms with Gasteiger partial charge in [0.1, 0.15) is 0 Å². The third-order valence-electron chi connectivity index (χ3n) is 4.48. The molecular weight excluding hydrogens is 244 g/mol. The SMILES string of the molecule is CC(C)c1ccc(CC(CC(C)C(C)(C)C)NN)cc1. The summed E-state index contributed by atoms with van der Waals surface area (Å²) < 4.78 is 0. The van der Waals surface area contributed by atoms with Crippen molar-refractivity contribution in [3.05, 3.63) is 35.4 Å². The number of benzene rings is 1. The first-order valence-electron chi connectivity index (χ1n) is 7.79. The summed E-state index contributed by atoms with van der Waals surface area (Å²) >= 11 is 0. The number of nitrogens with one attached hydrogen (secondary N) is 1. The van der Waals surface area contributed by atoms with Crippen LogP contribution in [-0.4, -0.2) is 6.04 Å². The highest BCUT2D eigenvalue weighted by atomic mass is 15.2. The Kier molecular flexibility index (Phi) is 6.22. The fourth-order valence-electron chi connectivity index (χ4n) is 2.31. The van der Waals surface area contributed by atoms with E-state index in [2.05, 4.69) is 71.2 Å². The van der Waals surface area contributed by atoms with Gasteiger partial charge in [0.2, 0.25) is 0 Å². The molecule has 0 fully saturated rings. The van der Waals surface area contributed by atoms with Crippen molar-refractivity contribution in [2.24, 2.45) is 17.2 Å². The zero-order valence-corrected chi connectivity index (χ0v) is 14.0. The van der Waals surface area contributed by atoms with Crippen molar-refractivity contribution < 1.29 is 0 Å². The normalized spacial score (nSPS) is 15.4. The molecule has 3 N–H and O–H groups in total. The van der Waals surface area contributed by atoms with Crippen LogP contribution in [0.4, 0.5) is 0 Å². The van der Waals surface area contributed by atoms with E-state index in [0.717, 1.165) is 12.8 Å². The monoisotopic (exact) mass is 276 g/mol. The lowest BCUT2D eigenvalue weighted by Gasteiger charge is -2.30. The average molecular weight is 276 g/mol. The molecule has 2 nitrogen and oxygen atoms in total. The molecule has 1 aromatic carbocycles. The molecule has 0 aliphatic rings. The Morgan fingerprint density at radius 2 is 1.60 bits per heavy atom. The Balaban J connectivity index is 2.64. The van der Waals surface area contributed by atoms with Gasteiger partial charge in [-0.1, -0.05) is 65.8 Å². The van der Waals surface area contributed by atoms with Crippen LogP contribution in [0, 0.1) is 11.3 Å². The van der Waals surface area contributed by atoms with Crippen molar-refractivity contribution in [3.8, 4) is 0 Å². The molecule has 0 amide bonds. The summed E-state index contributed by atoms with van der Waals surface area (Å²) in [6.45, 7) is 13.6. The lowest BCUT2D eigenvalue weighted by molar-refractivity contribution is 0.222. The summed E-state index contributed by atoms with van der Waals surface area (Å²) in [7, 11) is 0. The molecule has 0 heterocycles. The minimum Gasteiger partial charge on any atom is -0.271 e. The molecule has 0 radical (unpaired) electrons. The van der Waals surface area contributed by atoms with Gasteiger partial charge in [-0.2, -0.15) is 0 Å². The summed E-state index contributed by atoms with van der Waals surface area (Å²) in [6, 6.07) is 9.29. The first-order chi connectivity index (χ1) is 9.24. The molecule has 0 spiro atoms. The van der Waals surface area contributed by atoms with Gasteiger partial charge in [-0.3, -0.25) is 11.3 Å². The van der Waals surface area contributed by atoms with Gasteiger partial charge in [0, 0.05) is 6.04 Å². The Labute approximate surface area is 125 Å². The molecular formula is C18H32N2. The molecule has 2 atom stereocenters. The molecule has 1 rings (SSSR count). The molecule has 114 valence electrons. The molecule has 0 aliphatic carbocycles. The van der Waals surface area contributed by atoms with Gasteiger partial charge in [-0.15, -0.1) is 0 Å². The van der Waals surface area contributed by atoms with Crippen LogP contribution in [0.2, 0.25) is 0 Å². The highest BCUT2D eigenvalue weighted by molar-refractivity contribution is 5.25. The minimum absolute atomic E-state index is 0.330. The summed E-state index contributed by atoms with van der Waals surface area (Å²) in [4.78, 5) is 0. The zero-order valence-electron chi connectivity index (χ0n) is 14.0.